The van der Waals surface area contributed by atoms with Crippen LogP contribution in [-0.4, -0.2) is 12.2 Å². The van der Waals surface area contributed by atoms with E-state index >= 15 is 0 Å². The molecule has 4 nitrogen and oxygen atoms in total. The lowest BCUT2D eigenvalue weighted by atomic mass is 10.1. The van der Waals surface area contributed by atoms with Crippen LogP contribution in [0.3, 0.4) is 0 Å². The van der Waals surface area contributed by atoms with E-state index in [4.69, 9.17) is 17.0 Å². The third kappa shape index (κ3) is 1.64. The van der Waals surface area contributed by atoms with Crippen molar-refractivity contribution in [2.45, 2.75) is 6.17 Å². The van der Waals surface area contributed by atoms with Gasteiger partial charge in [0, 0.05) is 5.56 Å². The van der Waals surface area contributed by atoms with Crippen LogP contribution in [0.5, 0.6) is 5.75 Å². The molecule has 1 heterocycles. The van der Waals surface area contributed by atoms with Gasteiger partial charge in [0.15, 0.2) is 5.11 Å². The van der Waals surface area contributed by atoms with Crippen LogP contribution in [0.25, 0.3) is 0 Å². The number of nitrogens with one attached hydrogen (secondary N) is 3. The van der Waals surface area contributed by atoms with E-state index in [1.807, 2.05) is 24.3 Å². The van der Waals surface area contributed by atoms with E-state index in [-0.39, 0.29) is 6.17 Å². The van der Waals surface area contributed by atoms with Gasteiger partial charge in [-0.25, -0.2) is 5.43 Å². The van der Waals surface area contributed by atoms with Gasteiger partial charge in [0.25, 0.3) is 0 Å². The van der Waals surface area contributed by atoms with E-state index in [9.17, 15) is 0 Å². The van der Waals surface area contributed by atoms with E-state index in [0.717, 1.165) is 11.3 Å². The number of methoxy groups -OCH3 is 1. The second-order valence-corrected chi connectivity index (χ2v) is 3.33. The summed E-state index contributed by atoms with van der Waals surface area (Å²) >= 11 is 4.95. The van der Waals surface area contributed by atoms with Crippen LogP contribution in [0.4, 0.5) is 0 Å². The first kappa shape index (κ1) is 9.23. The Kier molecular flexibility index (Phi) is 2.51. The topological polar surface area (TPSA) is 45.3 Å². The molecule has 1 aliphatic rings. The highest BCUT2D eigenvalue weighted by molar-refractivity contribution is 7.80. The zero-order valence-corrected chi connectivity index (χ0v) is 8.52. The predicted octanol–water partition coefficient (Wildman–Crippen LogP) is 0.676. The van der Waals surface area contributed by atoms with Crippen molar-refractivity contribution in [2.75, 3.05) is 7.11 Å². The van der Waals surface area contributed by atoms with Gasteiger partial charge in [0.1, 0.15) is 11.9 Å². The van der Waals surface area contributed by atoms with Gasteiger partial charge in [0.2, 0.25) is 0 Å². The summed E-state index contributed by atoms with van der Waals surface area (Å²) in [6.45, 7) is 0. The highest BCUT2D eigenvalue weighted by atomic mass is 32.1. The van der Waals surface area contributed by atoms with Gasteiger partial charge in [-0.1, -0.05) is 18.2 Å². The summed E-state index contributed by atoms with van der Waals surface area (Å²) in [5, 5.41) is 3.67. The normalized spacial score (nSPS) is 20.1. The van der Waals surface area contributed by atoms with Crippen molar-refractivity contribution in [1.29, 1.82) is 0 Å². The number of para-hydroxylation sites is 1. The maximum Gasteiger partial charge on any atom is 0.182 e. The third-order valence-corrected chi connectivity index (χ3v) is 2.28. The number of hydrogen-bond acceptors (Lipinski definition) is 3. The fraction of sp³-hybridized carbons (Fsp3) is 0.222. The molecule has 0 aromatic heterocycles. The Labute approximate surface area is 87.6 Å². The predicted molar refractivity (Wildman–Crippen MR) is 57.7 cm³/mol. The van der Waals surface area contributed by atoms with Gasteiger partial charge in [-0.3, -0.25) is 5.43 Å². The molecule has 1 aromatic carbocycles. The number of thiocarbonyl (C=S) groups is 1. The van der Waals surface area contributed by atoms with Gasteiger partial charge >= 0.3 is 0 Å². The quantitative estimate of drug-likeness (QED) is 0.625. The summed E-state index contributed by atoms with van der Waals surface area (Å²) in [5.41, 5.74) is 6.88. The third-order valence-electron chi connectivity index (χ3n) is 2.06. The van der Waals surface area contributed by atoms with Crippen molar-refractivity contribution in [3.05, 3.63) is 29.8 Å². The van der Waals surface area contributed by atoms with E-state index in [2.05, 4.69) is 16.2 Å². The van der Waals surface area contributed by atoms with Crippen LogP contribution >= 0.6 is 12.2 Å². The number of hydrogen-bond donors (Lipinski definition) is 3. The van der Waals surface area contributed by atoms with Gasteiger partial charge in [-0.2, -0.15) is 0 Å². The minimum atomic E-state index is -0.0290. The maximum absolute atomic E-state index is 5.24. The summed E-state index contributed by atoms with van der Waals surface area (Å²) < 4.78 is 5.24. The average molecular weight is 209 g/mol. The monoisotopic (exact) mass is 209 g/mol. The Morgan fingerprint density at radius 1 is 1.36 bits per heavy atom. The molecule has 0 amide bonds. The summed E-state index contributed by atoms with van der Waals surface area (Å²) in [7, 11) is 1.65. The second kappa shape index (κ2) is 3.81. The van der Waals surface area contributed by atoms with Gasteiger partial charge in [-0.05, 0) is 18.3 Å². The Morgan fingerprint density at radius 2 is 2.14 bits per heavy atom. The van der Waals surface area contributed by atoms with E-state index < -0.39 is 0 Å². The summed E-state index contributed by atoms with van der Waals surface area (Å²) in [6.07, 6.45) is -0.0290. The SMILES string of the molecule is COc1ccccc1C1NNC(=S)N1. The first-order valence-electron chi connectivity index (χ1n) is 4.26. The average Bonchev–Trinajstić information content (AvgIpc) is 2.65. The summed E-state index contributed by atoms with van der Waals surface area (Å²) in [4.78, 5) is 0. The molecule has 5 heteroatoms. The van der Waals surface area contributed by atoms with Gasteiger partial charge in [0.05, 0.1) is 7.11 Å². The zero-order chi connectivity index (χ0) is 9.97. The van der Waals surface area contributed by atoms with Crippen LogP contribution in [0.15, 0.2) is 24.3 Å². The lowest BCUT2D eigenvalue weighted by molar-refractivity contribution is 0.399. The first-order valence-corrected chi connectivity index (χ1v) is 4.67. The second-order valence-electron chi connectivity index (χ2n) is 2.92. The molecule has 0 saturated carbocycles. The zero-order valence-electron chi connectivity index (χ0n) is 7.70. The highest BCUT2D eigenvalue weighted by Crippen LogP contribution is 2.23. The number of benzene rings is 1. The molecule has 1 aliphatic heterocycles. The molecular weight excluding hydrogens is 198 g/mol. The lowest BCUT2D eigenvalue weighted by Crippen LogP contribution is -2.26. The fourth-order valence-corrected chi connectivity index (χ4v) is 1.58. The molecule has 1 aromatic rings. The Balaban J connectivity index is 2.27. The first-order chi connectivity index (χ1) is 6.81. The molecule has 1 saturated heterocycles. The van der Waals surface area contributed by atoms with Gasteiger partial charge in [-0.15, -0.1) is 0 Å². The van der Waals surface area contributed by atoms with Crippen molar-refractivity contribution >= 4 is 17.3 Å². The van der Waals surface area contributed by atoms with E-state index in [0.29, 0.717) is 5.11 Å². The number of ether oxygens (including phenoxy) is 1. The molecule has 2 rings (SSSR count). The van der Waals surface area contributed by atoms with E-state index in [1.165, 1.54) is 0 Å². The van der Waals surface area contributed by atoms with Crippen LogP contribution in [-0.2, 0) is 0 Å². The van der Waals surface area contributed by atoms with E-state index in [1.54, 1.807) is 7.11 Å². The Hall–Kier alpha value is -1.33. The van der Waals surface area contributed by atoms with Crippen LogP contribution in [0, 0.1) is 0 Å². The Morgan fingerprint density at radius 3 is 2.79 bits per heavy atom. The smallest absolute Gasteiger partial charge is 0.182 e. The van der Waals surface area contributed by atoms with Crippen molar-refractivity contribution in [1.82, 2.24) is 16.2 Å². The maximum atomic E-state index is 5.24. The van der Waals surface area contributed by atoms with Crippen LogP contribution in [0.1, 0.15) is 11.7 Å². The minimum absolute atomic E-state index is 0.0290. The molecule has 1 fully saturated rings. The summed E-state index contributed by atoms with van der Waals surface area (Å²) in [5.74, 6) is 0.837. The standard InChI is InChI=1S/C9H11N3OS/c1-13-7-5-3-2-4-6(7)8-10-9(14)12-11-8/h2-5,8,11H,1H3,(H2,10,12,14). The molecule has 0 radical (unpaired) electrons. The Bertz CT molecular complexity index is 356. The number of hydrazine groups is 1. The molecule has 0 spiro atoms. The van der Waals surface area contributed by atoms with Crippen molar-refractivity contribution < 1.29 is 4.74 Å². The number of rotatable bonds is 2. The molecule has 74 valence electrons. The van der Waals surface area contributed by atoms with Crippen molar-refractivity contribution in [3.8, 4) is 5.75 Å². The molecule has 1 unspecified atom stereocenters. The van der Waals surface area contributed by atoms with Crippen molar-refractivity contribution in [2.24, 2.45) is 0 Å². The minimum Gasteiger partial charge on any atom is -0.496 e. The fourth-order valence-electron chi connectivity index (χ4n) is 1.40. The van der Waals surface area contributed by atoms with Crippen molar-refractivity contribution in [3.63, 3.8) is 0 Å². The summed E-state index contributed by atoms with van der Waals surface area (Å²) in [6, 6.07) is 7.80. The lowest BCUT2D eigenvalue weighted by Gasteiger charge is -2.13. The van der Waals surface area contributed by atoms with Crippen LogP contribution in [0.2, 0.25) is 0 Å². The molecule has 14 heavy (non-hydrogen) atoms. The largest absolute Gasteiger partial charge is 0.496 e. The van der Waals surface area contributed by atoms with Crippen LogP contribution < -0.4 is 20.9 Å². The molecule has 0 bridgehead atoms. The molecule has 0 aliphatic carbocycles. The highest BCUT2D eigenvalue weighted by Gasteiger charge is 2.20. The molecular formula is C9H11N3OS. The molecule has 3 N–H and O–H groups in total. The van der Waals surface area contributed by atoms with Gasteiger partial charge < -0.3 is 10.1 Å². The molecule has 1 atom stereocenters.